The zero-order chi connectivity index (χ0) is 7.28. The molecule has 52 valence electrons. The summed E-state index contributed by atoms with van der Waals surface area (Å²) in [7, 11) is 0. The van der Waals surface area contributed by atoms with Crippen molar-refractivity contribution in [2.24, 2.45) is 5.73 Å². The average Bonchev–Trinajstić information content (AvgIpc) is 1.63. The molecule has 0 saturated heterocycles. The van der Waals surface area contributed by atoms with Crippen molar-refractivity contribution in [2.75, 3.05) is 6.61 Å². The van der Waals surface area contributed by atoms with Crippen molar-refractivity contribution in [3.8, 4) is 0 Å². The van der Waals surface area contributed by atoms with E-state index in [1.54, 1.807) is 0 Å². The van der Waals surface area contributed by atoms with Crippen LogP contribution in [0.15, 0.2) is 12.1 Å². The van der Waals surface area contributed by atoms with Gasteiger partial charge in [-0.25, -0.2) is 4.79 Å². The molecule has 0 rings (SSSR count). The summed E-state index contributed by atoms with van der Waals surface area (Å²) >= 11 is 0. The Morgan fingerprint density at radius 1 is 1.67 bits per heavy atom. The second kappa shape index (κ2) is 3.59. The third kappa shape index (κ3) is 6.61. The highest BCUT2D eigenvalue weighted by molar-refractivity contribution is 5.68. The molecule has 0 radical (unpaired) electrons. The molecule has 0 saturated carbocycles. The molecule has 0 aromatic heterocycles. The SMILES string of the molecule is NC(O)=COCC(=O)O. The fraction of sp³-hybridized carbons (Fsp3) is 0.250. The van der Waals surface area contributed by atoms with Gasteiger partial charge in [-0.2, -0.15) is 0 Å². The molecular formula is C4H7NO4. The van der Waals surface area contributed by atoms with Gasteiger partial charge in [0.2, 0.25) is 5.88 Å². The van der Waals surface area contributed by atoms with Gasteiger partial charge >= 0.3 is 5.97 Å². The summed E-state index contributed by atoms with van der Waals surface area (Å²) in [5.41, 5.74) is 4.68. The first kappa shape index (κ1) is 7.61. The Balaban J connectivity index is 3.31. The van der Waals surface area contributed by atoms with Crippen molar-refractivity contribution in [3.05, 3.63) is 12.1 Å². The largest absolute Gasteiger partial charge is 0.493 e. The van der Waals surface area contributed by atoms with Crippen molar-refractivity contribution in [1.29, 1.82) is 0 Å². The quantitative estimate of drug-likeness (QED) is 0.447. The first-order valence-electron chi connectivity index (χ1n) is 2.11. The standard InChI is InChI=1S/C4H7NO4/c5-3(6)1-9-2-4(7)8/h1,6H,2,5H2,(H,7,8). The molecule has 9 heavy (non-hydrogen) atoms. The van der Waals surface area contributed by atoms with Crippen molar-refractivity contribution in [3.63, 3.8) is 0 Å². The number of aliphatic hydroxyl groups excluding tert-OH is 1. The van der Waals surface area contributed by atoms with E-state index in [0.29, 0.717) is 0 Å². The summed E-state index contributed by atoms with van der Waals surface area (Å²) in [6.07, 6.45) is 0.758. The summed E-state index contributed by atoms with van der Waals surface area (Å²) in [4.78, 5) is 9.70. The highest BCUT2D eigenvalue weighted by Crippen LogP contribution is 1.78. The summed E-state index contributed by atoms with van der Waals surface area (Å²) in [5.74, 6) is -1.66. The van der Waals surface area contributed by atoms with Gasteiger partial charge in [-0.3, -0.25) is 0 Å². The molecule has 0 fully saturated rings. The first-order valence-corrected chi connectivity index (χ1v) is 2.11. The normalized spacial score (nSPS) is 10.9. The highest BCUT2D eigenvalue weighted by Gasteiger charge is 1.92. The van der Waals surface area contributed by atoms with E-state index in [2.05, 4.69) is 10.5 Å². The van der Waals surface area contributed by atoms with E-state index in [0.717, 1.165) is 6.26 Å². The number of hydrogen-bond donors (Lipinski definition) is 3. The maximum atomic E-state index is 9.70. The average molecular weight is 133 g/mol. The summed E-state index contributed by atoms with van der Waals surface area (Å²) in [6, 6.07) is 0. The minimum atomic E-state index is -1.12. The molecule has 0 amide bonds. The van der Waals surface area contributed by atoms with Crippen LogP contribution in [0.5, 0.6) is 0 Å². The molecule has 0 unspecified atom stereocenters. The van der Waals surface area contributed by atoms with Crippen LogP contribution in [-0.4, -0.2) is 22.8 Å². The number of aliphatic carboxylic acids is 1. The molecule has 0 bridgehead atoms. The zero-order valence-corrected chi connectivity index (χ0v) is 4.57. The maximum Gasteiger partial charge on any atom is 0.341 e. The summed E-state index contributed by atoms with van der Waals surface area (Å²) in [6.45, 7) is -0.499. The number of aliphatic hydroxyl groups is 1. The van der Waals surface area contributed by atoms with Crippen LogP contribution < -0.4 is 5.73 Å². The van der Waals surface area contributed by atoms with E-state index < -0.39 is 18.5 Å². The van der Waals surface area contributed by atoms with Crippen LogP contribution >= 0.6 is 0 Å². The second-order valence-corrected chi connectivity index (χ2v) is 1.25. The van der Waals surface area contributed by atoms with Crippen LogP contribution in [0.3, 0.4) is 0 Å². The molecule has 0 aliphatic heterocycles. The van der Waals surface area contributed by atoms with E-state index in [1.165, 1.54) is 0 Å². The maximum absolute atomic E-state index is 9.70. The van der Waals surface area contributed by atoms with Gasteiger partial charge in [-0.15, -0.1) is 0 Å². The Kier molecular flexibility index (Phi) is 3.04. The van der Waals surface area contributed by atoms with Crippen molar-refractivity contribution < 1.29 is 19.7 Å². The fourth-order valence-corrected chi connectivity index (χ4v) is 0.198. The minimum absolute atomic E-state index is 0.499. The van der Waals surface area contributed by atoms with Gasteiger partial charge in [0, 0.05) is 0 Å². The molecule has 0 heterocycles. The Morgan fingerprint density at radius 3 is 2.56 bits per heavy atom. The van der Waals surface area contributed by atoms with Crippen LogP contribution in [0.4, 0.5) is 0 Å². The number of nitrogens with two attached hydrogens (primary N) is 1. The molecule has 5 nitrogen and oxygen atoms in total. The van der Waals surface area contributed by atoms with Crippen molar-refractivity contribution in [2.45, 2.75) is 0 Å². The number of ether oxygens (including phenoxy) is 1. The van der Waals surface area contributed by atoms with Gasteiger partial charge in [0.1, 0.15) is 6.26 Å². The lowest BCUT2D eigenvalue weighted by Gasteiger charge is -1.93. The number of carboxylic acid groups (broad SMARTS) is 1. The molecule has 0 aromatic rings. The monoisotopic (exact) mass is 133 g/mol. The second-order valence-electron chi connectivity index (χ2n) is 1.25. The highest BCUT2D eigenvalue weighted by atomic mass is 16.5. The summed E-state index contributed by atoms with van der Waals surface area (Å²) < 4.78 is 4.22. The fourth-order valence-electron chi connectivity index (χ4n) is 0.198. The van der Waals surface area contributed by atoms with Gasteiger partial charge in [-0.05, 0) is 0 Å². The predicted octanol–water partition coefficient (Wildman–Crippen LogP) is -0.597. The van der Waals surface area contributed by atoms with Crippen LogP contribution in [0, 0.1) is 0 Å². The first-order chi connectivity index (χ1) is 4.13. The Morgan fingerprint density at radius 2 is 2.22 bits per heavy atom. The van der Waals surface area contributed by atoms with Crippen LogP contribution in [-0.2, 0) is 9.53 Å². The Hall–Kier alpha value is -1.39. The Labute approximate surface area is 51.3 Å². The van der Waals surface area contributed by atoms with Gasteiger partial charge in [-0.1, -0.05) is 0 Å². The molecule has 5 heteroatoms. The lowest BCUT2D eigenvalue weighted by molar-refractivity contribution is -0.140. The van der Waals surface area contributed by atoms with E-state index in [4.69, 9.17) is 10.2 Å². The molecular weight excluding hydrogens is 126 g/mol. The minimum Gasteiger partial charge on any atom is -0.493 e. The molecule has 0 atom stereocenters. The van der Waals surface area contributed by atoms with Crippen molar-refractivity contribution in [1.82, 2.24) is 0 Å². The van der Waals surface area contributed by atoms with Gasteiger partial charge in [0.15, 0.2) is 6.61 Å². The summed E-state index contributed by atoms with van der Waals surface area (Å²) in [5, 5.41) is 16.1. The number of hydrogen-bond acceptors (Lipinski definition) is 4. The van der Waals surface area contributed by atoms with Crippen LogP contribution in [0.2, 0.25) is 0 Å². The van der Waals surface area contributed by atoms with Crippen molar-refractivity contribution >= 4 is 5.97 Å². The smallest absolute Gasteiger partial charge is 0.341 e. The lowest BCUT2D eigenvalue weighted by atomic mass is 10.7. The molecule has 0 aliphatic rings. The molecule has 0 aliphatic carbocycles. The van der Waals surface area contributed by atoms with E-state index in [-0.39, 0.29) is 0 Å². The molecule has 0 aromatic carbocycles. The van der Waals surface area contributed by atoms with Gasteiger partial charge in [0.05, 0.1) is 0 Å². The zero-order valence-electron chi connectivity index (χ0n) is 4.57. The molecule has 0 spiro atoms. The van der Waals surface area contributed by atoms with Crippen LogP contribution in [0.25, 0.3) is 0 Å². The topological polar surface area (TPSA) is 92.8 Å². The number of carbonyl (C=O) groups is 1. The third-order valence-corrected chi connectivity index (χ3v) is 0.411. The van der Waals surface area contributed by atoms with Gasteiger partial charge in [0.25, 0.3) is 0 Å². The van der Waals surface area contributed by atoms with E-state index >= 15 is 0 Å². The lowest BCUT2D eigenvalue weighted by Crippen LogP contribution is -2.05. The number of carboxylic acids is 1. The Bertz CT molecular complexity index is 127. The third-order valence-electron chi connectivity index (χ3n) is 0.411. The van der Waals surface area contributed by atoms with Gasteiger partial charge < -0.3 is 20.7 Å². The van der Waals surface area contributed by atoms with Crippen LogP contribution in [0.1, 0.15) is 0 Å². The number of rotatable bonds is 3. The van der Waals surface area contributed by atoms with E-state index in [1.807, 2.05) is 0 Å². The van der Waals surface area contributed by atoms with E-state index in [9.17, 15) is 4.79 Å². The predicted molar refractivity (Wildman–Crippen MR) is 28.5 cm³/mol. The molecule has 4 N–H and O–H groups in total.